The Morgan fingerprint density at radius 1 is 1.27 bits per heavy atom. The Bertz CT molecular complexity index is 1000. The highest BCUT2D eigenvalue weighted by atomic mass is 16.5. The molecule has 2 aromatic heterocycles. The third-order valence-corrected chi connectivity index (χ3v) is 5.36. The average Bonchev–Trinajstić information content (AvgIpc) is 3.11. The van der Waals surface area contributed by atoms with Gasteiger partial charge >= 0.3 is 0 Å². The maximum Gasteiger partial charge on any atom is 0.239 e. The van der Waals surface area contributed by atoms with E-state index in [2.05, 4.69) is 15.3 Å². The number of fused-ring (bicyclic) bond motifs is 1. The summed E-state index contributed by atoms with van der Waals surface area (Å²) in [5.74, 6) is 1.52. The van der Waals surface area contributed by atoms with Crippen LogP contribution in [0.15, 0.2) is 18.3 Å². The molecule has 1 aliphatic rings. The van der Waals surface area contributed by atoms with Crippen LogP contribution in [0.4, 0.5) is 5.82 Å². The molecule has 180 valence electrons. The van der Waals surface area contributed by atoms with Gasteiger partial charge < -0.3 is 24.8 Å². The largest absolute Gasteiger partial charge is 0.490 e. The topological polar surface area (TPSA) is 110 Å². The summed E-state index contributed by atoms with van der Waals surface area (Å²) >= 11 is 0. The summed E-state index contributed by atoms with van der Waals surface area (Å²) in [7, 11) is 3.46. The van der Waals surface area contributed by atoms with Crippen LogP contribution in [0.1, 0.15) is 58.4 Å². The molecular weight excluding hydrogens is 422 g/mol. The van der Waals surface area contributed by atoms with Gasteiger partial charge in [-0.1, -0.05) is 0 Å². The summed E-state index contributed by atoms with van der Waals surface area (Å²) in [4.78, 5) is 28.1. The van der Waals surface area contributed by atoms with Gasteiger partial charge in [-0.2, -0.15) is 0 Å². The second kappa shape index (κ2) is 9.61. The number of carbonyl (C=O) groups is 1. The van der Waals surface area contributed by atoms with Crippen molar-refractivity contribution in [3.05, 3.63) is 29.6 Å². The van der Waals surface area contributed by atoms with E-state index in [1.807, 2.05) is 41.7 Å². The van der Waals surface area contributed by atoms with Crippen molar-refractivity contribution < 1.29 is 19.4 Å². The first-order chi connectivity index (χ1) is 15.4. The summed E-state index contributed by atoms with van der Waals surface area (Å²) in [6.45, 7) is 10.2. The van der Waals surface area contributed by atoms with E-state index in [4.69, 9.17) is 14.5 Å². The number of hydrogen-bond acceptors (Lipinski definition) is 8. The molecule has 1 aliphatic carbocycles. The van der Waals surface area contributed by atoms with Gasteiger partial charge in [0.25, 0.3) is 0 Å². The lowest BCUT2D eigenvalue weighted by Gasteiger charge is -2.25. The number of anilines is 1. The summed E-state index contributed by atoms with van der Waals surface area (Å²) in [6.07, 6.45) is 2.20. The van der Waals surface area contributed by atoms with Crippen LogP contribution < -0.4 is 15.0 Å². The molecule has 1 atom stereocenters. The molecule has 0 spiro atoms. The predicted octanol–water partition coefficient (Wildman–Crippen LogP) is 2.67. The Kier molecular flexibility index (Phi) is 7.23. The first kappa shape index (κ1) is 24.9. The molecule has 3 rings (SSSR count). The van der Waals surface area contributed by atoms with Gasteiger partial charge in [0, 0.05) is 37.5 Å². The average molecular weight is 458 g/mol. The smallest absolute Gasteiger partial charge is 0.239 e. The number of rotatable bonds is 8. The number of aromatic nitrogens is 3. The van der Waals surface area contributed by atoms with Crippen molar-refractivity contribution in [2.24, 2.45) is 0 Å². The van der Waals surface area contributed by atoms with Crippen molar-refractivity contribution in [2.75, 3.05) is 32.2 Å². The number of nitrogens with zero attached hydrogens (tertiary/aromatic N) is 4. The lowest BCUT2D eigenvalue weighted by molar-refractivity contribution is -0.121. The van der Waals surface area contributed by atoms with Crippen molar-refractivity contribution in [3.8, 4) is 17.3 Å². The minimum Gasteiger partial charge on any atom is -0.490 e. The van der Waals surface area contributed by atoms with Crippen molar-refractivity contribution in [1.82, 2.24) is 20.3 Å². The number of likely N-dealkylation sites (N-methyl/N-ethyl adjacent to an activating group) is 1. The molecule has 0 aromatic carbocycles. The van der Waals surface area contributed by atoms with Crippen LogP contribution in [-0.4, -0.2) is 64.4 Å². The van der Waals surface area contributed by atoms with Crippen molar-refractivity contribution in [2.45, 2.75) is 64.7 Å². The molecule has 9 nitrogen and oxygen atoms in total. The molecule has 0 fully saturated rings. The zero-order chi connectivity index (χ0) is 24.4. The van der Waals surface area contributed by atoms with Gasteiger partial charge in [0.15, 0.2) is 5.82 Å². The molecule has 2 heterocycles. The van der Waals surface area contributed by atoms with Crippen LogP contribution in [-0.2, 0) is 16.0 Å². The van der Waals surface area contributed by atoms with E-state index < -0.39 is 11.7 Å². The van der Waals surface area contributed by atoms with Crippen LogP contribution in [0.25, 0.3) is 11.5 Å². The number of carbonyl (C=O) groups excluding carboxylic acids is 1. The fourth-order valence-corrected chi connectivity index (χ4v) is 3.54. The molecule has 0 aliphatic heterocycles. The third-order valence-electron chi connectivity index (χ3n) is 5.36. The molecular formula is C24H35N5O4. The van der Waals surface area contributed by atoms with E-state index >= 15 is 0 Å². The number of ether oxygens (including phenoxy) is 2. The Hall–Kier alpha value is -2.78. The van der Waals surface area contributed by atoms with Crippen molar-refractivity contribution in [1.29, 1.82) is 0 Å². The van der Waals surface area contributed by atoms with E-state index in [1.54, 1.807) is 30.3 Å². The number of amides is 1. The van der Waals surface area contributed by atoms with Crippen LogP contribution in [0.5, 0.6) is 5.75 Å². The van der Waals surface area contributed by atoms with Gasteiger partial charge in [-0.05, 0) is 53.5 Å². The van der Waals surface area contributed by atoms with Gasteiger partial charge in [0.2, 0.25) is 5.91 Å². The number of aliphatic hydroxyl groups excluding tert-OH is 1. The molecule has 9 heteroatoms. The number of aliphatic hydroxyl groups is 1. The molecule has 1 amide bonds. The molecule has 2 N–H and O–H groups in total. The highest BCUT2D eigenvalue weighted by molar-refractivity contribution is 5.82. The van der Waals surface area contributed by atoms with E-state index in [1.165, 1.54) is 0 Å². The van der Waals surface area contributed by atoms with Crippen molar-refractivity contribution >= 4 is 11.7 Å². The number of nitrogens with one attached hydrogen (secondary N) is 1. The molecule has 0 bridgehead atoms. The Balaban J connectivity index is 1.91. The van der Waals surface area contributed by atoms with Crippen LogP contribution >= 0.6 is 0 Å². The highest BCUT2D eigenvalue weighted by Gasteiger charge is 2.29. The SMILES string of the molecule is COC(C)(C)COc1ccnc(-c2nc3c(c(N(C)CC(=O)NC(C)(C)C)n2)CCC3O)c1. The summed E-state index contributed by atoms with van der Waals surface area (Å²) < 4.78 is 11.3. The Morgan fingerprint density at radius 3 is 2.67 bits per heavy atom. The minimum atomic E-state index is -0.667. The van der Waals surface area contributed by atoms with Crippen molar-refractivity contribution in [3.63, 3.8) is 0 Å². The minimum absolute atomic E-state index is 0.105. The third kappa shape index (κ3) is 6.39. The molecule has 2 aromatic rings. The summed E-state index contributed by atoms with van der Waals surface area (Å²) in [6, 6.07) is 3.53. The van der Waals surface area contributed by atoms with Gasteiger partial charge in [0.05, 0.1) is 23.9 Å². The van der Waals surface area contributed by atoms with Gasteiger partial charge in [-0.3, -0.25) is 9.78 Å². The van der Waals surface area contributed by atoms with E-state index in [9.17, 15) is 9.90 Å². The molecule has 0 saturated heterocycles. The molecule has 1 unspecified atom stereocenters. The highest BCUT2D eigenvalue weighted by Crippen LogP contribution is 2.36. The molecule has 0 radical (unpaired) electrons. The molecule has 0 saturated carbocycles. The zero-order valence-electron chi connectivity index (χ0n) is 20.6. The standard InChI is InChI=1S/C24H35N5O4/c1-23(2,3)28-19(31)13-29(6)22-16-8-9-18(30)20(16)26-21(27-22)17-12-15(10-11-25-17)33-14-24(4,5)32-7/h10-12,18,30H,8-9,13-14H2,1-7H3,(H,28,31). The number of pyridine rings is 1. The number of hydrogen-bond donors (Lipinski definition) is 2. The Morgan fingerprint density at radius 2 is 2.00 bits per heavy atom. The van der Waals surface area contributed by atoms with Crippen LogP contribution in [0.3, 0.4) is 0 Å². The second-order valence-corrected chi connectivity index (χ2v) is 10.1. The molecule has 33 heavy (non-hydrogen) atoms. The Labute approximate surface area is 195 Å². The lowest BCUT2D eigenvalue weighted by atomic mass is 10.1. The van der Waals surface area contributed by atoms with Crippen LogP contribution in [0, 0.1) is 0 Å². The van der Waals surface area contributed by atoms with Gasteiger partial charge in [-0.25, -0.2) is 9.97 Å². The first-order valence-electron chi connectivity index (χ1n) is 11.1. The monoisotopic (exact) mass is 457 g/mol. The fraction of sp³-hybridized carbons (Fsp3) is 0.583. The predicted molar refractivity (Wildman–Crippen MR) is 126 cm³/mol. The van der Waals surface area contributed by atoms with E-state index in [0.717, 1.165) is 5.56 Å². The quantitative estimate of drug-likeness (QED) is 0.623. The van der Waals surface area contributed by atoms with Gasteiger partial charge in [0.1, 0.15) is 23.9 Å². The number of methoxy groups -OCH3 is 1. The van der Waals surface area contributed by atoms with E-state index in [0.29, 0.717) is 48.2 Å². The normalized spacial score (nSPS) is 15.8. The fourth-order valence-electron chi connectivity index (χ4n) is 3.54. The van der Waals surface area contributed by atoms with Gasteiger partial charge in [-0.15, -0.1) is 0 Å². The first-order valence-corrected chi connectivity index (χ1v) is 11.1. The summed E-state index contributed by atoms with van der Waals surface area (Å²) in [5.41, 5.74) is 1.23. The maximum absolute atomic E-state index is 12.5. The maximum atomic E-state index is 12.5. The van der Waals surface area contributed by atoms with Crippen LogP contribution in [0.2, 0.25) is 0 Å². The lowest BCUT2D eigenvalue weighted by Crippen LogP contribution is -2.45. The second-order valence-electron chi connectivity index (χ2n) is 10.1. The van der Waals surface area contributed by atoms with E-state index in [-0.39, 0.29) is 18.0 Å². The zero-order valence-corrected chi connectivity index (χ0v) is 20.6. The summed E-state index contributed by atoms with van der Waals surface area (Å²) in [5, 5.41) is 13.5.